The van der Waals surface area contributed by atoms with E-state index in [4.69, 9.17) is 9.47 Å². The Morgan fingerprint density at radius 3 is 2.63 bits per heavy atom. The molecule has 0 spiro atoms. The van der Waals surface area contributed by atoms with Crippen molar-refractivity contribution in [2.24, 2.45) is 11.8 Å². The summed E-state index contributed by atoms with van der Waals surface area (Å²) in [5.41, 5.74) is 2.14. The van der Waals surface area contributed by atoms with E-state index < -0.39 is 0 Å². The van der Waals surface area contributed by atoms with Crippen LogP contribution in [0.2, 0.25) is 0 Å². The van der Waals surface area contributed by atoms with Crippen LogP contribution in [0.3, 0.4) is 0 Å². The summed E-state index contributed by atoms with van der Waals surface area (Å²) in [7, 11) is 1.63. The molecule has 160 valence electrons. The lowest BCUT2D eigenvalue weighted by atomic mass is 9.80. The van der Waals surface area contributed by atoms with E-state index in [1.165, 1.54) is 24.8 Å². The smallest absolute Gasteiger partial charge is 0.323 e. The summed E-state index contributed by atoms with van der Waals surface area (Å²) in [6, 6.07) is 9.39. The lowest BCUT2D eigenvalue weighted by Gasteiger charge is -2.33. The van der Waals surface area contributed by atoms with Crippen LogP contribution in [-0.4, -0.2) is 43.4 Å². The first-order valence-corrected chi connectivity index (χ1v) is 11.6. The number of aldehydes is 1. The van der Waals surface area contributed by atoms with Crippen molar-refractivity contribution in [1.82, 2.24) is 4.90 Å². The largest absolute Gasteiger partial charge is 0.497 e. The Bertz CT molecular complexity index is 831. The molecule has 0 amide bonds. The van der Waals surface area contributed by atoms with Crippen LogP contribution in [-0.2, 0) is 20.9 Å². The van der Waals surface area contributed by atoms with Crippen molar-refractivity contribution < 1.29 is 19.1 Å². The van der Waals surface area contributed by atoms with Gasteiger partial charge in [-0.25, -0.2) is 0 Å². The summed E-state index contributed by atoms with van der Waals surface area (Å²) in [5.74, 6) is 1.28. The van der Waals surface area contributed by atoms with E-state index in [2.05, 4.69) is 21.7 Å². The molecule has 2 aromatic rings. The Morgan fingerprint density at radius 1 is 1.23 bits per heavy atom. The molecule has 5 nitrogen and oxygen atoms in total. The van der Waals surface area contributed by atoms with E-state index in [1.807, 2.05) is 24.3 Å². The number of ether oxygens (including phenoxy) is 2. The molecule has 6 heteroatoms. The van der Waals surface area contributed by atoms with Crippen molar-refractivity contribution in [1.29, 1.82) is 0 Å². The zero-order chi connectivity index (χ0) is 20.9. The lowest BCUT2D eigenvalue weighted by molar-refractivity contribution is -0.152. The first kappa shape index (κ1) is 21.1. The first-order chi connectivity index (χ1) is 14.7. The average molecular weight is 428 g/mol. The van der Waals surface area contributed by atoms with Gasteiger partial charge in [-0.05, 0) is 52.4 Å². The van der Waals surface area contributed by atoms with Gasteiger partial charge >= 0.3 is 5.97 Å². The van der Waals surface area contributed by atoms with Gasteiger partial charge in [-0.1, -0.05) is 31.4 Å². The van der Waals surface area contributed by atoms with E-state index in [0.29, 0.717) is 12.5 Å². The second-order valence-electron chi connectivity index (χ2n) is 8.42. The van der Waals surface area contributed by atoms with Crippen LogP contribution in [0.15, 0.2) is 41.1 Å². The number of methoxy groups -OCH3 is 1. The van der Waals surface area contributed by atoms with E-state index in [9.17, 15) is 9.59 Å². The third kappa shape index (κ3) is 4.76. The van der Waals surface area contributed by atoms with Crippen molar-refractivity contribution >= 4 is 23.6 Å². The summed E-state index contributed by atoms with van der Waals surface area (Å²) >= 11 is 1.65. The van der Waals surface area contributed by atoms with Crippen molar-refractivity contribution in [3.05, 3.63) is 52.2 Å². The van der Waals surface area contributed by atoms with Gasteiger partial charge < -0.3 is 14.3 Å². The zero-order valence-electron chi connectivity index (χ0n) is 17.4. The molecule has 3 unspecified atom stereocenters. The van der Waals surface area contributed by atoms with Gasteiger partial charge in [-0.15, -0.1) is 0 Å². The predicted molar refractivity (Wildman–Crippen MR) is 117 cm³/mol. The standard InChI is InChI=1S/C24H29NO4S/c1-28-21-7-5-18(6-8-21)15-29-24(27)23(11-17-3-2-4-17)25-12-20(14-26)22(13-25)19-9-10-30-16-19/h5-10,14,16-17,20,22-23H,2-4,11-13,15H2,1H3. The number of likely N-dealkylation sites (tertiary alicyclic amines) is 1. The molecule has 30 heavy (non-hydrogen) atoms. The molecule has 3 atom stereocenters. The summed E-state index contributed by atoms with van der Waals surface area (Å²) in [6.45, 7) is 1.61. The minimum atomic E-state index is -0.278. The summed E-state index contributed by atoms with van der Waals surface area (Å²) in [6.07, 6.45) is 5.49. The Balaban J connectivity index is 1.43. The highest BCUT2D eigenvalue weighted by atomic mass is 32.1. The van der Waals surface area contributed by atoms with Crippen LogP contribution in [0.4, 0.5) is 0 Å². The number of benzene rings is 1. The Kier molecular flexibility index (Phi) is 6.85. The highest BCUT2D eigenvalue weighted by Gasteiger charge is 2.41. The van der Waals surface area contributed by atoms with Crippen LogP contribution in [0.25, 0.3) is 0 Å². The molecule has 1 aromatic heterocycles. The van der Waals surface area contributed by atoms with Crippen LogP contribution in [0, 0.1) is 11.8 Å². The molecule has 1 aromatic carbocycles. The van der Waals surface area contributed by atoms with Gasteiger partial charge in [0.15, 0.2) is 0 Å². The number of carbonyl (C=O) groups excluding carboxylic acids is 2. The third-order valence-corrected chi connectivity index (χ3v) is 7.28. The highest BCUT2D eigenvalue weighted by Crippen LogP contribution is 2.37. The fourth-order valence-electron chi connectivity index (χ4n) is 4.50. The van der Waals surface area contributed by atoms with Crippen molar-refractivity contribution in [3.8, 4) is 5.75 Å². The van der Waals surface area contributed by atoms with E-state index in [-0.39, 0.29) is 30.5 Å². The minimum Gasteiger partial charge on any atom is -0.497 e. The fraction of sp³-hybridized carbons (Fsp3) is 0.500. The molecule has 0 bridgehead atoms. The van der Waals surface area contributed by atoms with Crippen LogP contribution in [0.5, 0.6) is 5.75 Å². The quantitative estimate of drug-likeness (QED) is 0.442. The topological polar surface area (TPSA) is 55.8 Å². The molecule has 0 radical (unpaired) electrons. The average Bonchev–Trinajstić information content (AvgIpc) is 3.41. The number of hydrogen-bond acceptors (Lipinski definition) is 6. The van der Waals surface area contributed by atoms with E-state index >= 15 is 0 Å². The molecule has 1 saturated carbocycles. The molecule has 1 aliphatic heterocycles. The van der Waals surface area contributed by atoms with Gasteiger partial charge in [0.25, 0.3) is 0 Å². The predicted octanol–water partition coefficient (Wildman–Crippen LogP) is 4.27. The van der Waals surface area contributed by atoms with Gasteiger partial charge in [-0.2, -0.15) is 11.3 Å². The number of nitrogens with zero attached hydrogens (tertiary/aromatic N) is 1. The molecular formula is C24H29NO4S. The van der Waals surface area contributed by atoms with E-state index in [1.54, 1.807) is 18.4 Å². The highest BCUT2D eigenvalue weighted by molar-refractivity contribution is 7.08. The zero-order valence-corrected chi connectivity index (χ0v) is 18.2. The Morgan fingerprint density at radius 2 is 2.03 bits per heavy atom. The number of esters is 1. The molecule has 1 saturated heterocycles. The number of rotatable bonds is 9. The van der Waals surface area contributed by atoms with Gasteiger partial charge in [0, 0.05) is 24.9 Å². The monoisotopic (exact) mass is 427 g/mol. The molecule has 2 heterocycles. The SMILES string of the molecule is COc1ccc(COC(=O)C(CC2CCC2)N2CC(C=O)C(c3ccsc3)C2)cc1. The fourth-order valence-corrected chi connectivity index (χ4v) is 5.23. The van der Waals surface area contributed by atoms with Crippen LogP contribution < -0.4 is 4.74 Å². The Hall–Kier alpha value is -2.18. The van der Waals surface area contributed by atoms with Gasteiger partial charge in [-0.3, -0.25) is 9.69 Å². The van der Waals surface area contributed by atoms with Crippen molar-refractivity contribution in [3.63, 3.8) is 0 Å². The Labute approximate surface area is 182 Å². The first-order valence-electron chi connectivity index (χ1n) is 10.7. The van der Waals surface area contributed by atoms with Crippen LogP contribution >= 0.6 is 11.3 Å². The molecule has 4 rings (SSSR count). The van der Waals surface area contributed by atoms with E-state index in [0.717, 1.165) is 30.6 Å². The summed E-state index contributed by atoms with van der Waals surface area (Å²) in [4.78, 5) is 27.1. The lowest BCUT2D eigenvalue weighted by Crippen LogP contribution is -2.43. The van der Waals surface area contributed by atoms with Gasteiger partial charge in [0.2, 0.25) is 0 Å². The maximum Gasteiger partial charge on any atom is 0.323 e. The number of thiophene rings is 1. The maximum atomic E-state index is 13.1. The van der Waals surface area contributed by atoms with Gasteiger partial charge in [0.05, 0.1) is 7.11 Å². The van der Waals surface area contributed by atoms with Crippen molar-refractivity contribution in [2.45, 2.75) is 44.2 Å². The molecular weight excluding hydrogens is 398 g/mol. The summed E-state index contributed by atoms with van der Waals surface area (Å²) < 4.78 is 10.9. The number of hydrogen-bond donors (Lipinski definition) is 0. The second-order valence-corrected chi connectivity index (χ2v) is 9.20. The molecule has 1 aliphatic carbocycles. The number of carbonyl (C=O) groups is 2. The molecule has 2 aliphatic rings. The summed E-state index contributed by atoms with van der Waals surface area (Å²) in [5, 5.41) is 4.17. The molecule has 0 N–H and O–H groups in total. The second kappa shape index (κ2) is 9.75. The molecule has 2 fully saturated rings. The van der Waals surface area contributed by atoms with Crippen molar-refractivity contribution in [2.75, 3.05) is 20.2 Å². The third-order valence-electron chi connectivity index (χ3n) is 6.57. The van der Waals surface area contributed by atoms with Crippen LogP contribution in [0.1, 0.15) is 42.7 Å². The normalized spacial score (nSPS) is 23.0. The minimum absolute atomic E-state index is 0.0714. The maximum absolute atomic E-state index is 13.1. The van der Waals surface area contributed by atoms with Gasteiger partial charge in [0.1, 0.15) is 24.7 Å².